The molecule has 0 aliphatic rings. The van der Waals surface area contributed by atoms with E-state index >= 15 is 0 Å². The van der Waals surface area contributed by atoms with Crippen LogP contribution < -0.4 is 5.32 Å². The molecule has 92 valence electrons. The predicted octanol–water partition coefficient (Wildman–Crippen LogP) is 3.24. The molecule has 0 amide bonds. The topological polar surface area (TPSA) is 66.5 Å². The van der Waals surface area contributed by atoms with Gasteiger partial charge in [-0.3, -0.25) is 5.10 Å². The van der Waals surface area contributed by atoms with Crippen molar-refractivity contribution in [2.45, 2.75) is 13.0 Å². The van der Waals surface area contributed by atoms with Crippen LogP contribution in [0.15, 0.2) is 23.0 Å². The van der Waals surface area contributed by atoms with E-state index < -0.39 is 0 Å². The minimum Gasteiger partial charge on any atom is -0.363 e. The Morgan fingerprint density at radius 1 is 1.44 bits per heavy atom. The summed E-state index contributed by atoms with van der Waals surface area (Å²) in [6.45, 7) is 2.07. The summed E-state index contributed by atoms with van der Waals surface area (Å²) < 4.78 is 0. The van der Waals surface area contributed by atoms with Crippen LogP contribution in [-0.4, -0.2) is 20.2 Å². The van der Waals surface area contributed by atoms with E-state index in [1.54, 1.807) is 17.5 Å². The Morgan fingerprint density at radius 3 is 3.11 bits per heavy atom. The molecule has 5 nitrogen and oxygen atoms in total. The molecule has 3 rings (SSSR count). The van der Waals surface area contributed by atoms with Crippen LogP contribution >= 0.6 is 22.9 Å². The SMILES string of the molecule is CC(Nc1nc(Cl)nc2[nH]ncc12)c1ccsc1. The second-order valence-corrected chi connectivity index (χ2v) is 5.01. The molecule has 0 bridgehead atoms. The molecule has 0 radical (unpaired) electrons. The van der Waals surface area contributed by atoms with E-state index in [1.807, 2.05) is 5.38 Å². The Kier molecular flexibility index (Phi) is 2.89. The molecule has 0 fully saturated rings. The van der Waals surface area contributed by atoms with Gasteiger partial charge in [-0.25, -0.2) is 0 Å². The second-order valence-electron chi connectivity index (χ2n) is 3.90. The molecule has 1 atom stereocenters. The lowest BCUT2D eigenvalue weighted by atomic mass is 10.2. The van der Waals surface area contributed by atoms with Crippen LogP contribution in [0.2, 0.25) is 5.28 Å². The zero-order valence-corrected chi connectivity index (χ0v) is 11.1. The van der Waals surface area contributed by atoms with Crippen molar-refractivity contribution < 1.29 is 0 Å². The maximum Gasteiger partial charge on any atom is 0.226 e. The number of nitrogens with zero attached hydrogens (tertiary/aromatic N) is 3. The third-order valence-electron chi connectivity index (χ3n) is 2.68. The van der Waals surface area contributed by atoms with Crippen molar-refractivity contribution >= 4 is 39.8 Å². The van der Waals surface area contributed by atoms with E-state index in [0.717, 1.165) is 5.39 Å². The minimum absolute atomic E-state index is 0.153. The lowest BCUT2D eigenvalue weighted by Gasteiger charge is -2.13. The summed E-state index contributed by atoms with van der Waals surface area (Å²) in [7, 11) is 0. The predicted molar refractivity (Wildman–Crippen MR) is 73.1 cm³/mol. The van der Waals surface area contributed by atoms with Crippen LogP contribution in [0.3, 0.4) is 0 Å². The Labute approximate surface area is 112 Å². The molecular formula is C11H10ClN5S. The summed E-state index contributed by atoms with van der Waals surface area (Å²) in [5, 5.41) is 15.2. The van der Waals surface area contributed by atoms with E-state index in [9.17, 15) is 0 Å². The normalized spacial score (nSPS) is 12.8. The van der Waals surface area contributed by atoms with Crippen molar-refractivity contribution in [1.29, 1.82) is 0 Å². The molecule has 0 spiro atoms. The van der Waals surface area contributed by atoms with E-state index in [2.05, 4.69) is 43.9 Å². The fourth-order valence-electron chi connectivity index (χ4n) is 1.73. The monoisotopic (exact) mass is 279 g/mol. The smallest absolute Gasteiger partial charge is 0.226 e. The van der Waals surface area contributed by atoms with Gasteiger partial charge in [-0.1, -0.05) is 0 Å². The molecule has 1 unspecified atom stereocenters. The molecular weight excluding hydrogens is 270 g/mol. The van der Waals surface area contributed by atoms with Crippen molar-refractivity contribution in [3.05, 3.63) is 33.9 Å². The largest absolute Gasteiger partial charge is 0.363 e. The molecule has 0 aliphatic heterocycles. The van der Waals surface area contributed by atoms with Gasteiger partial charge in [0, 0.05) is 0 Å². The molecule has 2 N–H and O–H groups in total. The number of hydrogen-bond donors (Lipinski definition) is 2. The maximum atomic E-state index is 5.88. The number of rotatable bonds is 3. The van der Waals surface area contributed by atoms with Gasteiger partial charge in [0.1, 0.15) is 5.82 Å². The van der Waals surface area contributed by atoms with Crippen LogP contribution in [0.25, 0.3) is 11.0 Å². The molecule has 0 saturated carbocycles. The zero-order valence-electron chi connectivity index (χ0n) is 9.51. The van der Waals surface area contributed by atoms with Crippen LogP contribution in [-0.2, 0) is 0 Å². The number of fused-ring (bicyclic) bond motifs is 1. The molecule has 0 saturated heterocycles. The van der Waals surface area contributed by atoms with E-state index in [1.165, 1.54) is 5.56 Å². The average Bonchev–Trinajstić information content (AvgIpc) is 2.98. The lowest BCUT2D eigenvalue weighted by Crippen LogP contribution is -2.07. The van der Waals surface area contributed by atoms with Crippen LogP contribution in [0.1, 0.15) is 18.5 Å². The van der Waals surface area contributed by atoms with Crippen molar-refractivity contribution in [2.24, 2.45) is 0 Å². The molecule has 18 heavy (non-hydrogen) atoms. The average molecular weight is 280 g/mol. The van der Waals surface area contributed by atoms with Crippen molar-refractivity contribution in [1.82, 2.24) is 20.2 Å². The van der Waals surface area contributed by atoms with Gasteiger partial charge in [0.25, 0.3) is 0 Å². The molecule has 0 aliphatic carbocycles. The van der Waals surface area contributed by atoms with Crippen LogP contribution in [0.5, 0.6) is 0 Å². The van der Waals surface area contributed by atoms with Crippen molar-refractivity contribution in [3.63, 3.8) is 0 Å². The Hall–Kier alpha value is -1.66. The summed E-state index contributed by atoms with van der Waals surface area (Å²) in [6, 6.07) is 2.23. The highest BCUT2D eigenvalue weighted by Crippen LogP contribution is 2.25. The molecule has 3 heterocycles. The fraction of sp³-hybridized carbons (Fsp3) is 0.182. The number of anilines is 1. The molecule has 3 aromatic heterocycles. The van der Waals surface area contributed by atoms with E-state index in [-0.39, 0.29) is 11.3 Å². The third-order valence-corrected chi connectivity index (χ3v) is 3.55. The number of halogens is 1. The van der Waals surface area contributed by atoms with Crippen LogP contribution in [0.4, 0.5) is 5.82 Å². The van der Waals surface area contributed by atoms with Crippen LogP contribution in [0, 0.1) is 0 Å². The van der Waals surface area contributed by atoms with Gasteiger partial charge >= 0.3 is 0 Å². The van der Waals surface area contributed by atoms with Gasteiger partial charge in [0.05, 0.1) is 17.6 Å². The van der Waals surface area contributed by atoms with Gasteiger partial charge in [-0.2, -0.15) is 26.4 Å². The minimum atomic E-state index is 0.153. The Bertz CT molecular complexity index is 663. The first kappa shape index (κ1) is 11.4. The van der Waals surface area contributed by atoms with Gasteiger partial charge in [0.2, 0.25) is 5.28 Å². The number of thiophene rings is 1. The van der Waals surface area contributed by atoms with Gasteiger partial charge in [-0.05, 0) is 40.9 Å². The first-order valence-corrected chi connectivity index (χ1v) is 6.71. The number of aromatic amines is 1. The van der Waals surface area contributed by atoms with Crippen molar-refractivity contribution in [3.8, 4) is 0 Å². The highest BCUT2D eigenvalue weighted by molar-refractivity contribution is 7.08. The summed E-state index contributed by atoms with van der Waals surface area (Å²) >= 11 is 7.55. The van der Waals surface area contributed by atoms with E-state index in [4.69, 9.17) is 11.6 Å². The zero-order chi connectivity index (χ0) is 12.5. The Balaban J connectivity index is 1.97. The first-order chi connectivity index (χ1) is 8.74. The number of aromatic nitrogens is 4. The van der Waals surface area contributed by atoms with Gasteiger partial charge < -0.3 is 5.32 Å². The molecule has 7 heteroatoms. The second kappa shape index (κ2) is 4.55. The van der Waals surface area contributed by atoms with Gasteiger partial charge in [0.15, 0.2) is 5.65 Å². The van der Waals surface area contributed by atoms with Gasteiger partial charge in [-0.15, -0.1) is 0 Å². The summed E-state index contributed by atoms with van der Waals surface area (Å²) in [5.41, 5.74) is 1.85. The van der Waals surface area contributed by atoms with Crippen molar-refractivity contribution in [2.75, 3.05) is 5.32 Å². The Morgan fingerprint density at radius 2 is 2.33 bits per heavy atom. The number of hydrogen-bond acceptors (Lipinski definition) is 5. The highest BCUT2D eigenvalue weighted by atomic mass is 35.5. The highest BCUT2D eigenvalue weighted by Gasteiger charge is 2.12. The van der Waals surface area contributed by atoms with E-state index in [0.29, 0.717) is 11.5 Å². The molecule has 0 aromatic carbocycles. The fourth-order valence-corrected chi connectivity index (χ4v) is 2.65. The number of H-pyrrole nitrogens is 1. The summed E-state index contributed by atoms with van der Waals surface area (Å²) in [4.78, 5) is 8.27. The first-order valence-electron chi connectivity index (χ1n) is 5.39. The molecule has 3 aromatic rings. The standard InChI is InChI=1S/C11H10ClN5S/c1-6(7-2-3-18-5-7)14-9-8-4-13-17-10(8)16-11(12)15-9/h2-6H,1H3,(H2,13,14,15,16,17). The quantitative estimate of drug-likeness (QED) is 0.722. The summed E-state index contributed by atoms with van der Waals surface area (Å²) in [6.07, 6.45) is 1.69. The number of nitrogens with one attached hydrogen (secondary N) is 2. The maximum absolute atomic E-state index is 5.88. The lowest BCUT2D eigenvalue weighted by molar-refractivity contribution is 0.881. The summed E-state index contributed by atoms with van der Waals surface area (Å²) in [5.74, 6) is 0.692. The third kappa shape index (κ3) is 2.04.